The Bertz CT molecular complexity index is 8.00. The second-order valence-electron chi connectivity index (χ2n) is 0. The smallest absolute Gasteiger partial charge is 0 e. The van der Waals surface area contributed by atoms with Crippen LogP contribution in [0.4, 0.5) is 0 Å². The van der Waals surface area contributed by atoms with Gasteiger partial charge in [0.25, 0.3) is 0 Å². The maximum absolute atomic E-state index is 0. The molecule has 0 aromatic carbocycles. The average Bonchev–Trinajstić information content (AvgIpc) is 0. The molecule has 0 aliphatic heterocycles. The van der Waals surface area contributed by atoms with E-state index in [0.29, 0.717) is 0 Å². The SMILES string of the molecule is [Al].[Cr].[Nb].[V]. The van der Waals surface area contributed by atoms with E-state index in [1.165, 1.54) is 0 Å². The molecule has 0 N–H and O–H groups in total. The Kier molecular flexibility index (Phi) is 148. The summed E-state index contributed by atoms with van der Waals surface area (Å²) in [5.74, 6) is 0. The van der Waals surface area contributed by atoms with E-state index < -0.39 is 0 Å². The van der Waals surface area contributed by atoms with Crippen molar-refractivity contribution >= 4 is 17.4 Å². The zero-order valence-corrected chi connectivity index (χ0v) is 7.90. The molecule has 0 aromatic rings. The molecule has 0 fully saturated rings. The monoisotopic (exact) mass is 223 g/mol. The van der Waals surface area contributed by atoms with Crippen LogP contribution in [0.2, 0.25) is 0 Å². The molecule has 0 aliphatic rings. The molecule has 0 nitrogen and oxygen atoms in total. The molecule has 0 saturated carbocycles. The Hall–Kier alpha value is 2.39. The Labute approximate surface area is 74.8 Å². The minimum Gasteiger partial charge on any atom is 0 e. The van der Waals surface area contributed by atoms with E-state index in [1.807, 2.05) is 0 Å². The van der Waals surface area contributed by atoms with E-state index in [1.54, 1.807) is 0 Å². The van der Waals surface area contributed by atoms with Gasteiger partial charge in [0.2, 0.25) is 0 Å². The molecule has 4 heavy (non-hydrogen) atoms. The molecule has 0 rings (SSSR count). The molecule has 0 bridgehead atoms. The summed E-state index contributed by atoms with van der Waals surface area (Å²) in [5, 5.41) is 0. The van der Waals surface area contributed by atoms with Crippen molar-refractivity contribution in [1.29, 1.82) is 0 Å². The van der Waals surface area contributed by atoms with Crippen LogP contribution in [0, 0.1) is 0 Å². The molecule has 4 heteroatoms. The Balaban J connectivity index is 0. The van der Waals surface area contributed by atoms with Crippen LogP contribution in [0.3, 0.4) is 0 Å². The number of rotatable bonds is 0. The van der Waals surface area contributed by atoms with Gasteiger partial charge in [0, 0.05) is 75.7 Å². The Morgan fingerprint density at radius 1 is 1.00 bits per heavy atom. The van der Waals surface area contributed by atoms with Crippen molar-refractivity contribution in [3.05, 3.63) is 0 Å². The van der Waals surface area contributed by atoms with Crippen molar-refractivity contribution in [2.24, 2.45) is 0 Å². The number of hydrogen-bond donors (Lipinski definition) is 0. The van der Waals surface area contributed by atoms with E-state index >= 15 is 0 Å². The maximum Gasteiger partial charge on any atom is 0 e. The van der Waals surface area contributed by atoms with Gasteiger partial charge in [-0.25, -0.2) is 0 Å². The van der Waals surface area contributed by atoms with Gasteiger partial charge in [0.1, 0.15) is 0 Å². The third-order valence-corrected chi connectivity index (χ3v) is 0. The zero-order valence-electron chi connectivity index (χ0n) is 1.88. The summed E-state index contributed by atoms with van der Waals surface area (Å²) in [6.45, 7) is 0. The standard InChI is InChI=1S/Al.Cr.Nb.V. The summed E-state index contributed by atoms with van der Waals surface area (Å²) >= 11 is 0. The van der Waals surface area contributed by atoms with Crippen molar-refractivity contribution < 1.29 is 58.3 Å². The fourth-order valence-electron chi connectivity index (χ4n) is 0. The van der Waals surface area contributed by atoms with Gasteiger partial charge in [-0.2, -0.15) is 0 Å². The molecule has 0 aromatic heterocycles. The average molecular weight is 223 g/mol. The molecule has 0 aliphatic carbocycles. The first-order valence-corrected chi connectivity index (χ1v) is 0. The molecule has 0 unspecified atom stereocenters. The topological polar surface area (TPSA) is 0 Å². The van der Waals surface area contributed by atoms with Crippen LogP contribution >= 0.6 is 0 Å². The second-order valence-corrected chi connectivity index (χ2v) is 0. The molecule has 0 atom stereocenters. The van der Waals surface area contributed by atoms with Crippen LogP contribution < -0.4 is 0 Å². The minimum atomic E-state index is 0. The van der Waals surface area contributed by atoms with Gasteiger partial charge in [-0.05, 0) is 0 Å². The molecule has 5 radical (unpaired) electrons. The normalized spacial score (nSPS) is 0. The first-order chi connectivity index (χ1) is 0. The quantitative estimate of drug-likeness (QED) is 0.490. The molecule has 0 saturated heterocycles. The third-order valence-electron chi connectivity index (χ3n) is 0. The van der Waals surface area contributed by atoms with E-state index in [0.717, 1.165) is 0 Å². The molecule has 0 spiro atoms. The summed E-state index contributed by atoms with van der Waals surface area (Å²) in [6, 6.07) is 0. The third kappa shape index (κ3) is 8.83. The maximum atomic E-state index is 0. The van der Waals surface area contributed by atoms with E-state index in [-0.39, 0.29) is 75.7 Å². The minimum absolute atomic E-state index is 0. The predicted molar refractivity (Wildman–Crippen MR) is 5.75 cm³/mol. The van der Waals surface area contributed by atoms with Gasteiger partial charge in [-0.15, -0.1) is 0 Å². The fourth-order valence-corrected chi connectivity index (χ4v) is 0. The van der Waals surface area contributed by atoms with Crippen LogP contribution in [0.15, 0.2) is 0 Å². The van der Waals surface area contributed by atoms with Gasteiger partial charge >= 0.3 is 0 Å². The van der Waals surface area contributed by atoms with Crippen LogP contribution in [0.5, 0.6) is 0 Å². The van der Waals surface area contributed by atoms with Crippen LogP contribution in [0.25, 0.3) is 0 Å². The number of hydrogen-bond acceptors (Lipinski definition) is 0. The van der Waals surface area contributed by atoms with Gasteiger partial charge in [-0.3, -0.25) is 0 Å². The molecule has 19 valence electrons. The van der Waals surface area contributed by atoms with Crippen molar-refractivity contribution in [3.63, 3.8) is 0 Å². The summed E-state index contributed by atoms with van der Waals surface area (Å²) in [6.07, 6.45) is 0. The zero-order chi connectivity index (χ0) is 0. The summed E-state index contributed by atoms with van der Waals surface area (Å²) in [7, 11) is 0. The first kappa shape index (κ1) is 32.5. The first-order valence-electron chi connectivity index (χ1n) is 0. The predicted octanol–water partition coefficient (Wildman–Crippen LogP) is -0.388. The second kappa shape index (κ2) is 18.2. The molecular formula is AlCrNbV. The van der Waals surface area contributed by atoms with Crippen molar-refractivity contribution in [1.82, 2.24) is 0 Å². The Morgan fingerprint density at radius 3 is 1.00 bits per heavy atom. The van der Waals surface area contributed by atoms with Gasteiger partial charge in [0.15, 0.2) is 0 Å². The molecule has 0 amide bonds. The van der Waals surface area contributed by atoms with E-state index in [2.05, 4.69) is 0 Å². The summed E-state index contributed by atoms with van der Waals surface area (Å²) in [5.41, 5.74) is 0. The van der Waals surface area contributed by atoms with Crippen LogP contribution in [0.1, 0.15) is 0 Å². The largest absolute Gasteiger partial charge is 0 e. The Morgan fingerprint density at radius 2 is 1.00 bits per heavy atom. The fraction of sp³-hybridized carbons (Fsp3) is 0. The molecule has 0 heterocycles. The van der Waals surface area contributed by atoms with Crippen LogP contribution in [-0.2, 0) is 58.3 Å². The van der Waals surface area contributed by atoms with Crippen molar-refractivity contribution in [3.8, 4) is 0 Å². The summed E-state index contributed by atoms with van der Waals surface area (Å²) < 4.78 is 0. The van der Waals surface area contributed by atoms with Crippen molar-refractivity contribution in [2.45, 2.75) is 0 Å². The van der Waals surface area contributed by atoms with Gasteiger partial charge in [0.05, 0.1) is 0 Å². The van der Waals surface area contributed by atoms with E-state index in [4.69, 9.17) is 0 Å². The van der Waals surface area contributed by atoms with Gasteiger partial charge in [-0.1, -0.05) is 0 Å². The van der Waals surface area contributed by atoms with Crippen LogP contribution in [-0.4, -0.2) is 17.4 Å². The van der Waals surface area contributed by atoms with Crippen molar-refractivity contribution in [2.75, 3.05) is 0 Å². The van der Waals surface area contributed by atoms with Gasteiger partial charge < -0.3 is 0 Å². The molecular weight excluding hydrogens is 223 g/mol. The summed E-state index contributed by atoms with van der Waals surface area (Å²) in [4.78, 5) is 0. The van der Waals surface area contributed by atoms with E-state index in [9.17, 15) is 0 Å².